The topological polar surface area (TPSA) is 74.8 Å². The highest BCUT2D eigenvalue weighted by atomic mass is 127. The molecular weight excluding hydrogens is 499 g/mol. The number of amides is 1. The number of halogens is 2. The lowest BCUT2D eigenvalue weighted by molar-refractivity contribution is -0.116. The minimum Gasteiger partial charge on any atom is -0.380 e. The maximum Gasteiger partial charge on any atom is 0.226 e. The summed E-state index contributed by atoms with van der Waals surface area (Å²) in [4.78, 5) is 16.4. The number of hydrogen-bond acceptors (Lipinski definition) is 3. The van der Waals surface area contributed by atoms with Gasteiger partial charge in [-0.3, -0.25) is 9.79 Å². The molecule has 0 radical (unpaired) electrons. The van der Waals surface area contributed by atoms with Crippen molar-refractivity contribution in [1.29, 1.82) is 0 Å². The van der Waals surface area contributed by atoms with E-state index in [1.807, 2.05) is 39.0 Å². The number of hydrogen-bond donors (Lipinski definition) is 3. The van der Waals surface area contributed by atoms with Crippen LogP contribution in [-0.2, 0) is 9.53 Å². The number of aryl methyl sites for hydroxylation is 1. The molecule has 0 aliphatic carbocycles. The van der Waals surface area contributed by atoms with Gasteiger partial charge in [0.15, 0.2) is 5.96 Å². The first-order valence-corrected chi connectivity index (χ1v) is 9.02. The maximum atomic E-state index is 12.0. The number of anilines is 1. The number of nitrogens with zero attached hydrogens (tertiary/aromatic N) is 1. The van der Waals surface area contributed by atoms with Gasteiger partial charge in [-0.2, -0.15) is 0 Å². The number of benzene rings is 1. The minimum absolute atomic E-state index is 0. The van der Waals surface area contributed by atoms with Gasteiger partial charge in [-0.25, -0.2) is 0 Å². The molecule has 0 saturated heterocycles. The average Bonchev–Trinajstić information content (AvgIpc) is 2.54. The molecule has 6 nitrogen and oxygen atoms in total. The molecule has 25 heavy (non-hydrogen) atoms. The Bertz CT molecular complexity index is 555. The second-order valence-corrected chi connectivity index (χ2v) is 6.06. The molecule has 0 unspecified atom stereocenters. The molecule has 8 heteroatoms. The summed E-state index contributed by atoms with van der Waals surface area (Å²) in [5.74, 6) is 0.669. The number of carbonyl (C=O) groups is 1. The number of nitrogens with one attached hydrogen (secondary N) is 3. The maximum absolute atomic E-state index is 12.0. The van der Waals surface area contributed by atoms with E-state index in [4.69, 9.17) is 4.74 Å². The normalized spacial score (nSPS) is 10.8. The molecule has 1 aromatic rings. The van der Waals surface area contributed by atoms with Crippen molar-refractivity contribution in [1.82, 2.24) is 10.6 Å². The summed E-state index contributed by atoms with van der Waals surface area (Å²) >= 11 is 3.41. The minimum atomic E-state index is -0.0295. The van der Waals surface area contributed by atoms with Gasteiger partial charge in [-0.05, 0) is 44.5 Å². The zero-order chi connectivity index (χ0) is 17.8. The summed E-state index contributed by atoms with van der Waals surface area (Å²) in [5.41, 5.74) is 1.86. The Labute approximate surface area is 175 Å². The molecular formula is C17H28BrIN4O2. The molecule has 0 fully saturated rings. The summed E-state index contributed by atoms with van der Waals surface area (Å²) in [6.45, 7) is 9.08. The van der Waals surface area contributed by atoms with E-state index < -0.39 is 0 Å². The highest BCUT2D eigenvalue weighted by Crippen LogP contribution is 2.19. The first-order chi connectivity index (χ1) is 11.6. The van der Waals surface area contributed by atoms with Gasteiger partial charge in [0.2, 0.25) is 5.91 Å². The third-order valence-electron chi connectivity index (χ3n) is 3.16. The van der Waals surface area contributed by atoms with Gasteiger partial charge in [0.25, 0.3) is 0 Å². The lowest BCUT2D eigenvalue weighted by atomic mass is 10.2. The zero-order valence-corrected chi connectivity index (χ0v) is 18.9. The van der Waals surface area contributed by atoms with Crippen LogP contribution >= 0.6 is 39.9 Å². The predicted octanol–water partition coefficient (Wildman–Crippen LogP) is 3.30. The number of ether oxygens (including phenoxy) is 1. The molecule has 0 atom stereocenters. The van der Waals surface area contributed by atoms with Crippen molar-refractivity contribution in [2.45, 2.75) is 27.2 Å². The molecule has 142 valence electrons. The van der Waals surface area contributed by atoms with E-state index >= 15 is 0 Å². The molecule has 0 bridgehead atoms. The van der Waals surface area contributed by atoms with Gasteiger partial charge in [0, 0.05) is 36.3 Å². The number of guanidine groups is 1. The van der Waals surface area contributed by atoms with Crippen molar-refractivity contribution in [3.8, 4) is 0 Å². The molecule has 0 aromatic heterocycles. The smallest absolute Gasteiger partial charge is 0.226 e. The first-order valence-electron chi connectivity index (χ1n) is 8.22. The summed E-state index contributed by atoms with van der Waals surface area (Å²) in [7, 11) is 0. The van der Waals surface area contributed by atoms with Crippen molar-refractivity contribution in [3.63, 3.8) is 0 Å². The standard InChI is InChI=1S/C17H27BrN4O2.HI/c1-4-19-17(21-10-11-24-5-2)20-9-8-16(23)22-15-7-6-14(18)12-13(15)3;/h6-7,12H,4-5,8-11H2,1-3H3,(H,22,23)(H2,19,20,21);1H. The molecule has 1 aromatic carbocycles. The van der Waals surface area contributed by atoms with Crippen molar-refractivity contribution < 1.29 is 9.53 Å². The van der Waals surface area contributed by atoms with Crippen LogP contribution in [0.2, 0.25) is 0 Å². The van der Waals surface area contributed by atoms with E-state index in [2.05, 4.69) is 36.9 Å². The van der Waals surface area contributed by atoms with Crippen LogP contribution in [-0.4, -0.2) is 44.7 Å². The molecule has 0 aliphatic heterocycles. The Morgan fingerprint density at radius 3 is 2.68 bits per heavy atom. The van der Waals surface area contributed by atoms with Crippen molar-refractivity contribution in [2.24, 2.45) is 4.99 Å². The monoisotopic (exact) mass is 526 g/mol. The number of aliphatic imine (C=N–C) groups is 1. The zero-order valence-electron chi connectivity index (χ0n) is 15.0. The van der Waals surface area contributed by atoms with Gasteiger partial charge in [-0.1, -0.05) is 15.9 Å². The lowest BCUT2D eigenvalue weighted by Gasteiger charge is -2.12. The van der Waals surface area contributed by atoms with Crippen LogP contribution in [0.15, 0.2) is 27.7 Å². The van der Waals surface area contributed by atoms with E-state index in [0.29, 0.717) is 38.7 Å². The van der Waals surface area contributed by atoms with Gasteiger partial charge < -0.3 is 20.7 Å². The second kappa shape index (κ2) is 14.3. The summed E-state index contributed by atoms with van der Waals surface area (Å²) in [6, 6.07) is 5.78. The Kier molecular flexibility index (Phi) is 13.8. The SMILES string of the molecule is CCNC(=NCCOCC)NCCC(=O)Nc1ccc(Br)cc1C.I. The van der Waals surface area contributed by atoms with Gasteiger partial charge >= 0.3 is 0 Å². The molecule has 1 amide bonds. The Morgan fingerprint density at radius 1 is 1.28 bits per heavy atom. The van der Waals surface area contributed by atoms with E-state index in [1.165, 1.54) is 0 Å². The molecule has 0 aliphatic rings. The van der Waals surface area contributed by atoms with E-state index in [9.17, 15) is 4.79 Å². The van der Waals surface area contributed by atoms with Crippen LogP contribution in [0, 0.1) is 6.92 Å². The van der Waals surface area contributed by atoms with E-state index in [-0.39, 0.29) is 29.9 Å². The lowest BCUT2D eigenvalue weighted by Crippen LogP contribution is -2.39. The van der Waals surface area contributed by atoms with Crippen LogP contribution in [0.25, 0.3) is 0 Å². The molecule has 1 rings (SSSR count). The van der Waals surface area contributed by atoms with Crippen LogP contribution in [0.3, 0.4) is 0 Å². The van der Waals surface area contributed by atoms with E-state index in [1.54, 1.807) is 0 Å². The fraction of sp³-hybridized carbons (Fsp3) is 0.529. The van der Waals surface area contributed by atoms with Crippen LogP contribution in [0.4, 0.5) is 5.69 Å². The molecule has 0 heterocycles. The fourth-order valence-electron chi connectivity index (χ4n) is 1.98. The second-order valence-electron chi connectivity index (χ2n) is 5.14. The third-order valence-corrected chi connectivity index (χ3v) is 3.65. The fourth-order valence-corrected chi connectivity index (χ4v) is 2.46. The predicted molar refractivity (Wildman–Crippen MR) is 118 cm³/mol. The van der Waals surface area contributed by atoms with Crippen molar-refractivity contribution in [3.05, 3.63) is 28.2 Å². The van der Waals surface area contributed by atoms with Crippen LogP contribution in [0.5, 0.6) is 0 Å². The summed E-state index contributed by atoms with van der Waals surface area (Å²) in [6.07, 6.45) is 0.366. The Balaban J connectivity index is 0.00000576. The van der Waals surface area contributed by atoms with Crippen LogP contribution in [0.1, 0.15) is 25.8 Å². The molecule has 0 saturated carbocycles. The molecule has 0 spiro atoms. The largest absolute Gasteiger partial charge is 0.380 e. The Hall–Kier alpha value is -0.870. The van der Waals surface area contributed by atoms with Crippen LogP contribution < -0.4 is 16.0 Å². The van der Waals surface area contributed by atoms with Crippen molar-refractivity contribution >= 4 is 57.5 Å². The highest BCUT2D eigenvalue weighted by Gasteiger charge is 2.06. The number of carbonyl (C=O) groups excluding carboxylic acids is 1. The highest BCUT2D eigenvalue weighted by molar-refractivity contribution is 14.0. The first kappa shape index (κ1) is 24.1. The average molecular weight is 527 g/mol. The van der Waals surface area contributed by atoms with Gasteiger partial charge in [-0.15, -0.1) is 24.0 Å². The number of rotatable bonds is 9. The summed E-state index contributed by atoms with van der Waals surface area (Å²) in [5, 5.41) is 9.22. The Morgan fingerprint density at radius 2 is 2.04 bits per heavy atom. The third kappa shape index (κ3) is 10.7. The molecule has 3 N–H and O–H groups in total. The van der Waals surface area contributed by atoms with Gasteiger partial charge in [0.1, 0.15) is 0 Å². The van der Waals surface area contributed by atoms with Gasteiger partial charge in [0.05, 0.1) is 13.2 Å². The quantitative estimate of drug-likeness (QED) is 0.200. The van der Waals surface area contributed by atoms with E-state index in [0.717, 1.165) is 22.3 Å². The summed E-state index contributed by atoms with van der Waals surface area (Å²) < 4.78 is 6.26. The van der Waals surface area contributed by atoms with Crippen molar-refractivity contribution in [2.75, 3.05) is 38.2 Å².